The Morgan fingerprint density at radius 1 is 1.04 bits per heavy atom. The predicted molar refractivity (Wildman–Crippen MR) is 89.4 cm³/mol. The maximum atomic E-state index is 12.2. The van der Waals surface area contributed by atoms with Crippen LogP contribution >= 0.6 is 0 Å². The summed E-state index contributed by atoms with van der Waals surface area (Å²) in [7, 11) is 0. The van der Waals surface area contributed by atoms with Crippen LogP contribution < -0.4 is 10.2 Å². The third-order valence-electron chi connectivity index (χ3n) is 3.98. The van der Waals surface area contributed by atoms with Crippen LogP contribution in [-0.4, -0.2) is 53.6 Å². The van der Waals surface area contributed by atoms with Gasteiger partial charge in [0.05, 0.1) is 0 Å². The van der Waals surface area contributed by atoms with Crippen LogP contribution in [0.15, 0.2) is 48.9 Å². The van der Waals surface area contributed by atoms with Gasteiger partial charge in [0.1, 0.15) is 0 Å². The Hall–Kier alpha value is -2.63. The second kappa shape index (κ2) is 7.58. The molecule has 0 aliphatic carbocycles. The molecule has 23 heavy (non-hydrogen) atoms. The van der Waals surface area contributed by atoms with E-state index in [4.69, 9.17) is 0 Å². The van der Waals surface area contributed by atoms with Crippen LogP contribution in [0.3, 0.4) is 0 Å². The van der Waals surface area contributed by atoms with Crippen molar-refractivity contribution in [3.05, 3.63) is 54.6 Å². The number of amides is 2. The fourth-order valence-electron chi connectivity index (χ4n) is 2.68. The topological polar surface area (TPSA) is 61.4 Å². The van der Waals surface area contributed by atoms with Gasteiger partial charge < -0.3 is 15.1 Å². The lowest BCUT2D eigenvalue weighted by molar-refractivity contribution is 0.194. The highest BCUT2D eigenvalue weighted by Gasteiger charge is 2.20. The highest BCUT2D eigenvalue weighted by Crippen LogP contribution is 2.14. The summed E-state index contributed by atoms with van der Waals surface area (Å²) in [4.78, 5) is 24.6. The van der Waals surface area contributed by atoms with E-state index >= 15 is 0 Å². The molecule has 1 aliphatic heterocycles. The summed E-state index contributed by atoms with van der Waals surface area (Å²) in [5.41, 5.74) is 2.16. The van der Waals surface area contributed by atoms with Crippen LogP contribution in [-0.2, 0) is 6.42 Å². The van der Waals surface area contributed by atoms with Crippen molar-refractivity contribution < 1.29 is 4.79 Å². The first-order chi connectivity index (χ1) is 11.3. The number of carbonyl (C=O) groups is 1. The zero-order valence-corrected chi connectivity index (χ0v) is 13.1. The zero-order chi connectivity index (χ0) is 15.9. The maximum Gasteiger partial charge on any atom is 0.317 e. The number of pyridine rings is 2. The highest BCUT2D eigenvalue weighted by atomic mass is 16.2. The van der Waals surface area contributed by atoms with Crippen LogP contribution in [0.4, 0.5) is 10.5 Å². The summed E-state index contributed by atoms with van der Waals surface area (Å²) >= 11 is 0. The normalized spacial score (nSPS) is 14.6. The average molecular weight is 311 g/mol. The van der Waals surface area contributed by atoms with Crippen LogP contribution in [0.5, 0.6) is 0 Å². The quantitative estimate of drug-likeness (QED) is 0.930. The van der Waals surface area contributed by atoms with E-state index in [-0.39, 0.29) is 6.03 Å². The average Bonchev–Trinajstić information content (AvgIpc) is 2.63. The van der Waals surface area contributed by atoms with E-state index in [1.54, 1.807) is 18.6 Å². The lowest BCUT2D eigenvalue weighted by Crippen LogP contribution is -2.52. The summed E-state index contributed by atoms with van der Waals surface area (Å²) in [5, 5.41) is 2.97. The van der Waals surface area contributed by atoms with Crippen molar-refractivity contribution in [1.29, 1.82) is 0 Å². The van der Waals surface area contributed by atoms with E-state index in [9.17, 15) is 4.79 Å². The molecule has 1 saturated heterocycles. The molecule has 1 fully saturated rings. The van der Waals surface area contributed by atoms with Gasteiger partial charge in [0.2, 0.25) is 0 Å². The number of hydrogen-bond donors (Lipinski definition) is 1. The van der Waals surface area contributed by atoms with Gasteiger partial charge >= 0.3 is 6.03 Å². The predicted octanol–water partition coefficient (Wildman–Crippen LogP) is 1.55. The first-order valence-corrected chi connectivity index (χ1v) is 7.90. The van der Waals surface area contributed by atoms with Gasteiger partial charge in [-0.2, -0.15) is 0 Å². The minimum atomic E-state index is 0.00955. The Balaban J connectivity index is 1.41. The number of rotatable bonds is 4. The molecule has 2 aromatic heterocycles. The smallest absolute Gasteiger partial charge is 0.317 e. The molecule has 3 rings (SSSR count). The van der Waals surface area contributed by atoms with Crippen LogP contribution in [0.2, 0.25) is 0 Å². The molecule has 0 unspecified atom stereocenters. The van der Waals surface area contributed by atoms with Crippen molar-refractivity contribution in [1.82, 2.24) is 20.2 Å². The number of urea groups is 1. The Morgan fingerprint density at radius 3 is 2.52 bits per heavy atom. The SMILES string of the molecule is O=C(NCCc1ccccn1)N1CCN(c2ccncc2)CC1. The molecule has 0 atom stereocenters. The number of hydrogen-bond acceptors (Lipinski definition) is 4. The minimum Gasteiger partial charge on any atom is -0.368 e. The lowest BCUT2D eigenvalue weighted by Gasteiger charge is -2.36. The Morgan fingerprint density at radius 2 is 1.83 bits per heavy atom. The molecule has 0 aromatic carbocycles. The number of nitrogens with one attached hydrogen (secondary N) is 1. The monoisotopic (exact) mass is 311 g/mol. The zero-order valence-electron chi connectivity index (χ0n) is 13.1. The van der Waals surface area contributed by atoms with Gasteiger partial charge in [-0.3, -0.25) is 9.97 Å². The first-order valence-electron chi connectivity index (χ1n) is 7.90. The Labute approximate surface area is 136 Å². The maximum absolute atomic E-state index is 12.2. The molecule has 1 aliphatic rings. The molecular weight excluding hydrogens is 290 g/mol. The van der Waals surface area contributed by atoms with Gasteiger partial charge in [0.15, 0.2) is 0 Å². The molecular formula is C17H21N5O. The number of piperazine rings is 1. The van der Waals surface area contributed by atoms with E-state index in [1.165, 1.54) is 0 Å². The molecule has 0 bridgehead atoms. The van der Waals surface area contributed by atoms with Gasteiger partial charge in [-0.05, 0) is 24.3 Å². The number of aromatic nitrogens is 2. The molecule has 0 radical (unpaired) electrons. The molecule has 120 valence electrons. The highest BCUT2D eigenvalue weighted by molar-refractivity contribution is 5.74. The molecule has 1 N–H and O–H groups in total. The summed E-state index contributed by atoms with van der Waals surface area (Å²) in [6, 6.07) is 9.84. The Bertz CT molecular complexity index is 611. The van der Waals surface area contributed by atoms with Gasteiger partial charge in [0.25, 0.3) is 0 Å². The van der Waals surface area contributed by atoms with Gasteiger partial charge in [-0.15, -0.1) is 0 Å². The largest absolute Gasteiger partial charge is 0.368 e. The Kier molecular flexibility index (Phi) is 5.03. The molecule has 6 heteroatoms. The van der Waals surface area contributed by atoms with E-state index in [2.05, 4.69) is 20.2 Å². The van der Waals surface area contributed by atoms with Crippen molar-refractivity contribution in [2.24, 2.45) is 0 Å². The van der Waals surface area contributed by atoms with E-state index < -0.39 is 0 Å². The molecule has 6 nitrogen and oxygen atoms in total. The van der Waals surface area contributed by atoms with E-state index in [0.29, 0.717) is 6.54 Å². The van der Waals surface area contributed by atoms with Crippen molar-refractivity contribution in [2.45, 2.75) is 6.42 Å². The third kappa shape index (κ3) is 4.18. The van der Waals surface area contributed by atoms with Crippen molar-refractivity contribution in [3.63, 3.8) is 0 Å². The second-order valence-electron chi connectivity index (χ2n) is 5.48. The second-order valence-corrected chi connectivity index (χ2v) is 5.48. The van der Waals surface area contributed by atoms with Crippen LogP contribution in [0.25, 0.3) is 0 Å². The summed E-state index contributed by atoms with van der Waals surface area (Å²) in [5.74, 6) is 0. The van der Waals surface area contributed by atoms with Crippen molar-refractivity contribution >= 4 is 11.7 Å². The van der Waals surface area contributed by atoms with Gasteiger partial charge in [-0.1, -0.05) is 6.07 Å². The number of carbonyl (C=O) groups excluding carboxylic acids is 1. The van der Waals surface area contributed by atoms with Gasteiger partial charge in [0, 0.05) is 69.1 Å². The molecule has 2 amide bonds. The number of nitrogens with zero attached hydrogens (tertiary/aromatic N) is 4. The molecule has 0 saturated carbocycles. The molecule has 2 aromatic rings. The van der Waals surface area contributed by atoms with Crippen molar-refractivity contribution in [3.8, 4) is 0 Å². The van der Waals surface area contributed by atoms with Crippen LogP contribution in [0, 0.1) is 0 Å². The summed E-state index contributed by atoms with van der Waals surface area (Å²) in [6.45, 7) is 3.77. The first kappa shape index (κ1) is 15.3. The third-order valence-corrected chi connectivity index (χ3v) is 3.98. The van der Waals surface area contributed by atoms with E-state index in [0.717, 1.165) is 44.0 Å². The molecule has 0 spiro atoms. The fourth-order valence-corrected chi connectivity index (χ4v) is 2.68. The van der Waals surface area contributed by atoms with Gasteiger partial charge in [-0.25, -0.2) is 4.79 Å². The minimum absolute atomic E-state index is 0.00955. The van der Waals surface area contributed by atoms with Crippen LogP contribution in [0.1, 0.15) is 5.69 Å². The summed E-state index contributed by atoms with van der Waals surface area (Å²) < 4.78 is 0. The van der Waals surface area contributed by atoms with E-state index in [1.807, 2.05) is 35.2 Å². The van der Waals surface area contributed by atoms with Crippen molar-refractivity contribution in [2.75, 3.05) is 37.6 Å². The summed E-state index contributed by atoms with van der Waals surface area (Å²) in [6.07, 6.45) is 6.12. The number of anilines is 1. The standard InChI is InChI=1S/C17H21N5O/c23-17(20-10-4-15-3-1-2-7-19-15)22-13-11-21(12-14-22)16-5-8-18-9-6-16/h1-3,5-9H,4,10-14H2,(H,20,23). The fraction of sp³-hybridized carbons (Fsp3) is 0.353. The lowest BCUT2D eigenvalue weighted by atomic mass is 10.2. The molecule has 3 heterocycles.